The summed E-state index contributed by atoms with van der Waals surface area (Å²) >= 11 is 0. The van der Waals surface area contributed by atoms with Gasteiger partial charge in [-0.3, -0.25) is 4.79 Å². The van der Waals surface area contributed by atoms with Gasteiger partial charge in [0, 0.05) is 31.0 Å². The minimum absolute atomic E-state index is 0.0417. The summed E-state index contributed by atoms with van der Waals surface area (Å²) in [4.78, 5) is 14.1. The Morgan fingerprint density at radius 2 is 1.79 bits per heavy atom. The van der Waals surface area contributed by atoms with Crippen molar-refractivity contribution in [2.24, 2.45) is 0 Å². The number of carbonyl (C=O) groups is 1. The second-order valence-corrected chi connectivity index (χ2v) is 8.46. The topological polar surface area (TPSA) is 79.0 Å². The number of rotatable bonds is 7. The lowest BCUT2D eigenvalue weighted by molar-refractivity contribution is -0.116. The van der Waals surface area contributed by atoms with Gasteiger partial charge in [0.25, 0.3) is 0 Å². The van der Waals surface area contributed by atoms with Crippen molar-refractivity contribution in [2.75, 3.05) is 49.6 Å². The fourth-order valence-corrected chi connectivity index (χ4v) is 4.57. The quantitative estimate of drug-likeness (QED) is 0.742. The lowest BCUT2D eigenvalue weighted by Gasteiger charge is -2.29. The van der Waals surface area contributed by atoms with E-state index in [1.165, 1.54) is 18.2 Å². The van der Waals surface area contributed by atoms with E-state index >= 15 is 0 Å². The van der Waals surface area contributed by atoms with Crippen LogP contribution >= 0.6 is 0 Å². The van der Waals surface area contributed by atoms with Crippen molar-refractivity contribution < 1.29 is 22.3 Å². The van der Waals surface area contributed by atoms with Crippen molar-refractivity contribution in [3.8, 4) is 0 Å². The number of carbonyl (C=O) groups excluding carboxylic acids is 1. The van der Waals surface area contributed by atoms with Gasteiger partial charge >= 0.3 is 0 Å². The van der Waals surface area contributed by atoms with Gasteiger partial charge in [-0.2, -0.15) is 4.31 Å². The molecule has 0 radical (unpaired) electrons. The molecule has 156 valence electrons. The van der Waals surface area contributed by atoms with Gasteiger partial charge in [-0.1, -0.05) is 19.1 Å². The Labute approximate surface area is 170 Å². The van der Waals surface area contributed by atoms with Gasteiger partial charge in [0.05, 0.1) is 19.8 Å². The molecule has 2 aromatic rings. The number of amides is 1. The second kappa shape index (κ2) is 9.34. The lowest BCUT2D eigenvalue weighted by Crippen LogP contribution is -2.38. The first-order chi connectivity index (χ1) is 13.9. The van der Waals surface area contributed by atoms with Crippen LogP contribution in [0.2, 0.25) is 0 Å². The molecule has 29 heavy (non-hydrogen) atoms. The van der Waals surface area contributed by atoms with Gasteiger partial charge in [0.2, 0.25) is 15.9 Å². The number of hydrogen-bond acceptors (Lipinski definition) is 5. The summed E-state index contributed by atoms with van der Waals surface area (Å²) in [5.74, 6) is -1.34. The Morgan fingerprint density at radius 1 is 1.14 bits per heavy atom. The summed E-state index contributed by atoms with van der Waals surface area (Å²) < 4.78 is 45.6. The van der Waals surface area contributed by atoms with Crippen LogP contribution in [-0.4, -0.2) is 58.0 Å². The molecule has 1 aliphatic rings. The van der Waals surface area contributed by atoms with Crippen molar-refractivity contribution in [3.63, 3.8) is 0 Å². The van der Waals surface area contributed by atoms with E-state index in [2.05, 4.69) is 10.2 Å². The van der Waals surface area contributed by atoms with Crippen LogP contribution in [0.25, 0.3) is 0 Å². The first-order valence-electron chi connectivity index (χ1n) is 9.39. The normalized spacial score (nSPS) is 14.8. The number of anilines is 2. The highest BCUT2D eigenvalue weighted by atomic mass is 32.2. The maximum Gasteiger partial charge on any atom is 0.246 e. The summed E-state index contributed by atoms with van der Waals surface area (Å²) in [7, 11) is -4.11. The number of sulfonamides is 1. The number of ether oxygens (including phenoxy) is 1. The van der Waals surface area contributed by atoms with Crippen LogP contribution in [0.3, 0.4) is 0 Å². The number of nitrogens with zero attached hydrogens (tertiary/aromatic N) is 2. The molecule has 2 aromatic carbocycles. The molecular formula is C20H24FN3O4S. The van der Waals surface area contributed by atoms with E-state index in [0.29, 0.717) is 18.9 Å². The largest absolute Gasteiger partial charge is 0.378 e. The van der Waals surface area contributed by atoms with Gasteiger partial charge in [0.15, 0.2) is 0 Å². The molecule has 9 heteroatoms. The first-order valence-corrected chi connectivity index (χ1v) is 10.8. The number of likely N-dealkylation sites (N-methyl/N-ethyl adjacent to an activating group) is 1. The highest BCUT2D eigenvalue weighted by Gasteiger charge is 2.27. The molecule has 0 bridgehead atoms. The third-order valence-electron chi connectivity index (χ3n) is 4.65. The predicted molar refractivity (Wildman–Crippen MR) is 109 cm³/mol. The first kappa shape index (κ1) is 21.2. The summed E-state index contributed by atoms with van der Waals surface area (Å²) in [6.07, 6.45) is 0. The van der Waals surface area contributed by atoms with Crippen molar-refractivity contribution >= 4 is 27.3 Å². The Hall–Kier alpha value is -2.49. The second-order valence-electron chi connectivity index (χ2n) is 6.56. The third kappa shape index (κ3) is 5.11. The minimum Gasteiger partial charge on any atom is -0.378 e. The number of hydrogen-bond donors (Lipinski definition) is 1. The standard InChI is InChI=1S/C20H24FN3O4S/c1-2-24(29(26,27)19-6-4-3-5-18(19)21)15-20(25)22-16-7-9-17(10-8-16)23-11-13-28-14-12-23/h3-10H,2,11-15H2,1H3,(H,22,25). The zero-order chi connectivity index (χ0) is 20.9. The third-order valence-corrected chi connectivity index (χ3v) is 6.61. The molecular weight excluding hydrogens is 397 g/mol. The summed E-state index contributed by atoms with van der Waals surface area (Å²) in [5.41, 5.74) is 1.59. The SMILES string of the molecule is CCN(CC(=O)Nc1ccc(N2CCOCC2)cc1)S(=O)(=O)c1ccccc1F. The van der Waals surface area contributed by atoms with Crippen molar-refractivity contribution in [2.45, 2.75) is 11.8 Å². The molecule has 0 unspecified atom stereocenters. The van der Waals surface area contributed by atoms with E-state index in [-0.39, 0.29) is 6.54 Å². The van der Waals surface area contributed by atoms with Crippen molar-refractivity contribution in [1.29, 1.82) is 0 Å². The Morgan fingerprint density at radius 3 is 2.41 bits per heavy atom. The molecule has 1 amide bonds. The molecule has 0 saturated carbocycles. The average molecular weight is 421 g/mol. The van der Waals surface area contributed by atoms with Crippen LogP contribution in [0.4, 0.5) is 15.8 Å². The number of halogens is 1. The van der Waals surface area contributed by atoms with Gasteiger partial charge in [0.1, 0.15) is 10.7 Å². The zero-order valence-corrected chi connectivity index (χ0v) is 17.0. The van der Waals surface area contributed by atoms with Crippen LogP contribution in [-0.2, 0) is 19.6 Å². The fourth-order valence-electron chi connectivity index (χ4n) is 3.10. The van der Waals surface area contributed by atoms with E-state index in [9.17, 15) is 17.6 Å². The van der Waals surface area contributed by atoms with E-state index in [4.69, 9.17) is 4.74 Å². The van der Waals surface area contributed by atoms with Crippen LogP contribution < -0.4 is 10.2 Å². The maximum atomic E-state index is 13.9. The monoisotopic (exact) mass is 421 g/mol. The van der Waals surface area contributed by atoms with E-state index in [0.717, 1.165) is 29.1 Å². The van der Waals surface area contributed by atoms with Gasteiger partial charge in [-0.25, -0.2) is 12.8 Å². The van der Waals surface area contributed by atoms with Crippen LogP contribution in [0.15, 0.2) is 53.4 Å². The molecule has 0 aliphatic carbocycles. The van der Waals surface area contributed by atoms with Gasteiger partial charge in [-0.15, -0.1) is 0 Å². The lowest BCUT2D eigenvalue weighted by atomic mass is 10.2. The fraction of sp³-hybridized carbons (Fsp3) is 0.350. The van der Waals surface area contributed by atoms with Gasteiger partial charge < -0.3 is 15.0 Å². The number of benzene rings is 2. The molecule has 0 aromatic heterocycles. The molecule has 1 aliphatic heterocycles. The van der Waals surface area contributed by atoms with E-state index in [1.54, 1.807) is 19.1 Å². The number of nitrogens with one attached hydrogen (secondary N) is 1. The highest BCUT2D eigenvalue weighted by molar-refractivity contribution is 7.89. The molecule has 0 spiro atoms. The molecule has 7 nitrogen and oxygen atoms in total. The molecule has 1 N–H and O–H groups in total. The summed E-state index contributed by atoms with van der Waals surface area (Å²) in [5, 5.41) is 2.69. The number of morpholine rings is 1. The Balaban J connectivity index is 1.65. The van der Waals surface area contributed by atoms with Crippen LogP contribution in [0.1, 0.15) is 6.92 Å². The van der Waals surface area contributed by atoms with Crippen molar-refractivity contribution in [3.05, 3.63) is 54.3 Å². The molecule has 1 heterocycles. The Bertz CT molecular complexity index is 944. The molecule has 1 fully saturated rings. The van der Waals surface area contributed by atoms with Gasteiger partial charge in [-0.05, 0) is 36.4 Å². The molecule has 3 rings (SSSR count). The maximum absolute atomic E-state index is 13.9. The molecule has 0 atom stereocenters. The Kier molecular flexibility index (Phi) is 6.83. The average Bonchev–Trinajstić information content (AvgIpc) is 2.73. The van der Waals surface area contributed by atoms with E-state index in [1.807, 2.05) is 12.1 Å². The molecule has 1 saturated heterocycles. The predicted octanol–water partition coefficient (Wildman–Crippen LogP) is 2.31. The zero-order valence-electron chi connectivity index (χ0n) is 16.2. The van der Waals surface area contributed by atoms with E-state index < -0.39 is 33.2 Å². The summed E-state index contributed by atoms with van der Waals surface area (Å²) in [6.45, 7) is 4.22. The van der Waals surface area contributed by atoms with Crippen molar-refractivity contribution in [1.82, 2.24) is 4.31 Å². The van der Waals surface area contributed by atoms with Crippen LogP contribution in [0.5, 0.6) is 0 Å². The minimum atomic E-state index is -4.11. The summed E-state index contributed by atoms with van der Waals surface area (Å²) in [6, 6.07) is 12.5. The highest BCUT2D eigenvalue weighted by Crippen LogP contribution is 2.21. The smallest absolute Gasteiger partial charge is 0.246 e. The van der Waals surface area contributed by atoms with Crippen LogP contribution in [0, 0.1) is 5.82 Å².